The van der Waals surface area contributed by atoms with E-state index >= 15 is 0 Å². The Morgan fingerprint density at radius 2 is 2.11 bits per heavy atom. The highest BCUT2D eigenvalue weighted by Crippen LogP contribution is 2.37. The molecule has 2 N–H and O–H groups in total. The molecule has 4 heteroatoms. The molecule has 1 amide bonds. The molecule has 0 aliphatic heterocycles. The Balaban J connectivity index is 2.22. The number of anilines is 1. The summed E-state index contributed by atoms with van der Waals surface area (Å²) in [5.74, 6) is 0.0901. The van der Waals surface area contributed by atoms with Gasteiger partial charge in [-0.1, -0.05) is 13.8 Å². The molecule has 1 saturated carbocycles. The first kappa shape index (κ1) is 13.0. The normalized spacial score (nSPS) is 15.1. The molecule has 0 saturated heterocycles. The van der Waals surface area contributed by atoms with E-state index in [1.807, 2.05) is 18.1 Å². The Hall–Kier alpha value is -1.45. The SMILES string of the molecule is CCC(CC)N(C)C(=O)c1cc(N)cn1C1CC1. The second-order valence-electron chi connectivity index (χ2n) is 5.18. The van der Waals surface area contributed by atoms with Crippen molar-refractivity contribution in [3.05, 3.63) is 18.0 Å². The van der Waals surface area contributed by atoms with Crippen LogP contribution in [0.1, 0.15) is 56.1 Å². The van der Waals surface area contributed by atoms with Crippen molar-refractivity contribution in [3.63, 3.8) is 0 Å². The van der Waals surface area contributed by atoms with E-state index in [9.17, 15) is 4.79 Å². The first-order valence-corrected chi connectivity index (χ1v) is 6.83. The van der Waals surface area contributed by atoms with E-state index in [0.717, 1.165) is 31.4 Å². The van der Waals surface area contributed by atoms with Crippen LogP contribution in [-0.4, -0.2) is 28.5 Å². The number of rotatable bonds is 5. The molecule has 1 aromatic rings. The van der Waals surface area contributed by atoms with Crippen LogP contribution in [0.2, 0.25) is 0 Å². The first-order valence-electron chi connectivity index (χ1n) is 6.83. The number of carbonyl (C=O) groups is 1. The molecule has 1 heterocycles. The van der Waals surface area contributed by atoms with Crippen LogP contribution in [0.25, 0.3) is 0 Å². The molecule has 1 aliphatic carbocycles. The summed E-state index contributed by atoms with van der Waals surface area (Å²) in [5.41, 5.74) is 7.26. The van der Waals surface area contributed by atoms with Crippen LogP contribution < -0.4 is 5.73 Å². The highest BCUT2D eigenvalue weighted by Gasteiger charge is 2.29. The fourth-order valence-electron chi connectivity index (χ4n) is 2.51. The van der Waals surface area contributed by atoms with Crippen molar-refractivity contribution in [2.24, 2.45) is 0 Å². The lowest BCUT2D eigenvalue weighted by atomic mass is 10.1. The van der Waals surface area contributed by atoms with E-state index in [-0.39, 0.29) is 5.91 Å². The number of hydrogen-bond donors (Lipinski definition) is 1. The second-order valence-corrected chi connectivity index (χ2v) is 5.18. The van der Waals surface area contributed by atoms with Gasteiger partial charge in [-0.05, 0) is 31.7 Å². The van der Waals surface area contributed by atoms with Gasteiger partial charge in [0.2, 0.25) is 0 Å². The second kappa shape index (κ2) is 5.04. The van der Waals surface area contributed by atoms with Crippen molar-refractivity contribution in [1.82, 2.24) is 9.47 Å². The van der Waals surface area contributed by atoms with E-state index in [1.54, 1.807) is 6.07 Å². The molecule has 1 aromatic heterocycles. The third kappa shape index (κ3) is 2.37. The van der Waals surface area contributed by atoms with E-state index in [4.69, 9.17) is 5.73 Å². The van der Waals surface area contributed by atoms with Crippen molar-refractivity contribution < 1.29 is 4.79 Å². The number of carbonyl (C=O) groups excluding carboxylic acids is 1. The number of nitrogens with two attached hydrogens (primary N) is 1. The van der Waals surface area contributed by atoms with Crippen LogP contribution in [0.3, 0.4) is 0 Å². The van der Waals surface area contributed by atoms with Crippen LogP contribution >= 0.6 is 0 Å². The number of nitrogens with zero attached hydrogens (tertiary/aromatic N) is 2. The van der Waals surface area contributed by atoms with Gasteiger partial charge in [0.1, 0.15) is 5.69 Å². The molecule has 2 rings (SSSR count). The lowest BCUT2D eigenvalue weighted by Crippen LogP contribution is -2.37. The van der Waals surface area contributed by atoms with Crippen LogP contribution in [0.15, 0.2) is 12.3 Å². The zero-order chi connectivity index (χ0) is 13.3. The molecule has 4 nitrogen and oxygen atoms in total. The topological polar surface area (TPSA) is 51.3 Å². The standard InChI is InChI=1S/C14H23N3O/c1-4-11(5-2)16(3)14(18)13-8-10(15)9-17(13)12-6-7-12/h8-9,11-12H,4-7,15H2,1-3H3. The molecule has 18 heavy (non-hydrogen) atoms. The van der Waals surface area contributed by atoms with Crippen LogP contribution in [0.5, 0.6) is 0 Å². The minimum absolute atomic E-state index is 0.0901. The lowest BCUT2D eigenvalue weighted by molar-refractivity contribution is 0.0712. The van der Waals surface area contributed by atoms with Gasteiger partial charge in [0.05, 0.1) is 5.69 Å². The molecule has 0 unspecified atom stereocenters. The molecule has 1 fully saturated rings. The Morgan fingerprint density at radius 3 is 2.61 bits per heavy atom. The fourth-order valence-corrected chi connectivity index (χ4v) is 2.51. The van der Waals surface area contributed by atoms with Crippen LogP contribution in [0.4, 0.5) is 5.69 Å². The summed E-state index contributed by atoms with van der Waals surface area (Å²) in [6.07, 6.45) is 6.18. The maximum atomic E-state index is 12.5. The predicted octanol–water partition coefficient (Wildman–Crippen LogP) is 2.67. The van der Waals surface area contributed by atoms with Crippen molar-refractivity contribution in [3.8, 4) is 0 Å². The Morgan fingerprint density at radius 1 is 1.50 bits per heavy atom. The third-order valence-corrected chi connectivity index (χ3v) is 3.84. The van der Waals surface area contributed by atoms with Gasteiger partial charge in [-0.25, -0.2) is 0 Å². The third-order valence-electron chi connectivity index (χ3n) is 3.84. The Bertz CT molecular complexity index is 430. The molecule has 0 radical (unpaired) electrons. The minimum atomic E-state index is 0.0901. The molecule has 0 aromatic carbocycles. The minimum Gasteiger partial charge on any atom is -0.397 e. The summed E-state index contributed by atoms with van der Waals surface area (Å²) in [4.78, 5) is 14.4. The zero-order valence-corrected chi connectivity index (χ0v) is 11.5. The van der Waals surface area contributed by atoms with Gasteiger partial charge in [-0.2, -0.15) is 0 Å². The van der Waals surface area contributed by atoms with Crippen molar-refractivity contribution in [2.75, 3.05) is 12.8 Å². The summed E-state index contributed by atoms with van der Waals surface area (Å²) in [6.45, 7) is 4.23. The summed E-state index contributed by atoms with van der Waals surface area (Å²) in [5, 5.41) is 0. The van der Waals surface area contributed by atoms with E-state index < -0.39 is 0 Å². The maximum Gasteiger partial charge on any atom is 0.270 e. The van der Waals surface area contributed by atoms with Gasteiger partial charge in [0.15, 0.2) is 0 Å². The zero-order valence-electron chi connectivity index (χ0n) is 11.5. The van der Waals surface area contributed by atoms with Gasteiger partial charge in [0.25, 0.3) is 5.91 Å². The quantitative estimate of drug-likeness (QED) is 0.872. The highest BCUT2D eigenvalue weighted by atomic mass is 16.2. The van der Waals surface area contributed by atoms with Gasteiger partial charge in [-0.15, -0.1) is 0 Å². The van der Waals surface area contributed by atoms with Gasteiger partial charge >= 0.3 is 0 Å². The smallest absolute Gasteiger partial charge is 0.270 e. The van der Waals surface area contributed by atoms with Crippen molar-refractivity contribution in [1.29, 1.82) is 0 Å². The van der Waals surface area contributed by atoms with Gasteiger partial charge in [-0.3, -0.25) is 4.79 Å². The first-order chi connectivity index (χ1) is 8.58. The molecular formula is C14H23N3O. The van der Waals surface area contributed by atoms with E-state index in [0.29, 0.717) is 17.8 Å². The maximum absolute atomic E-state index is 12.5. The molecule has 0 bridgehead atoms. The van der Waals surface area contributed by atoms with Gasteiger partial charge in [0, 0.05) is 25.3 Å². The molecule has 100 valence electrons. The summed E-state index contributed by atoms with van der Waals surface area (Å²) in [6, 6.07) is 2.59. The van der Waals surface area contributed by atoms with Gasteiger partial charge < -0.3 is 15.2 Å². The summed E-state index contributed by atoms with van der Waals surface area (Å²) >= 11 is 0. The number of nitrogen functional groups attached to an aromatic ring is 1. The molecule has 0 atom stereocenters. The van der Waals surface area contributed by atoms with E-state index in [2.05, 4.69) is 18.4 Å². The lowest BCUT2D eigenvalue weighted by Gasteiger charge is -2.26. The van der Waals surface area contributed by atoms with Crippen molar-refractivity contribution >= 4 is 11.6 Å². The van der Waals surface area contributed by atoms with Crippen LogP contribution in [0, 0.1) is 0 Å². The molecular weight excluding hydrogens is 226 g/mol. The van der Waals surface area contributed by atoms with Crippen LogP contribution in [-0.2, 0) is 0 Å². The average molecular weight is 249 g/mol. The van der Waals surface area contributed by atoms with E-state index in [1.165, 1.54) is 0 Å². The predicted molar refractivity (Wildman–Crippen MR) is 73.6 cm³/mol. The molecule has 0 spiro atoms. The average Bonchev–Trinajstić information content (AvgIpc) is 3.13. The summed E-state index contributed by atoms with van der Waals surface area (Å²) < 4.78 is 2.05. The summed E-state index contributed by atoms with van der Waals surface area (Å²) in [7, 11) is 1.89. The Kier molecular flexibility index (Phi) is 3.64. The Labute approximate surface area is 109 Å². The fraction of sp³-hybridized carbons (Fsp3) is 0.643. The van der Waals surface area contributed by atoms with Crippen molar-refractivity contribution in [2.45, 2.75) is 51.6 Å². The molecule has 1 aliphatic rings. The number of amides is 1. The monoisotopic (exact) mass is 249 g/mol. The number of hydrogen-bond acceptors (Lipinski definition) is 2. The highest BCUT2D eigenvalue weighted by molar-refractivity contribution is 5.94. The largest absolute Gasteiger partial charge is 0.397 e. The number of aromatic nitrogens is 1.